The smallest absolute Gasteiger partial charge is 0.240 e. The number of carbonyl (C=O) groups is 1. The Labute approximate surface area is 159 Å². The first-order chi connectivity index (χ1) is 12.3. The standard InChI is InChI=1S/C20H27N3O2S/c1-12-6-13(2)19(14(3)7-12)17-11-26-20(21-17)22-18(24)9-23-8-16(5)25-10-15(23)4/h6-7,11,15-16H,8-10H2,1-5H3,(H,21,22,24). The van der Waals surface area contributed by atoms with Crippen LogP contribution in [0.15, 0.2) is 17.5 Å². The van der Waals surface area contributed by atoms with E-state index in [-0.39, 0.29) is 18.1 Å². The summed E-state index contributed by atoms with van der Waals surface area (Å²) in [6.07, 6.45) is 0.165. The minimum absolute atomic E-state index is 0.0239. The third-order valence-electron chi connectivity index (χ3n) is 4.77. The first-order valence-corrected chi connectivity index (χ1v) is 9.90. The summed E-state index contributed by atoms with van der Waals surface area (Å²) in [5.41, 5.74) is 5.75. The number of hydrogen-bond acceptors (Lipinski definition) is 5. The molecule has 5 nitrogen and oxygen atoms in total. The Kier molecular flexibility index (Phi) is 5.75. The Bertz CT molecular complexity index is 779. The molecule has 1 aromatic carbocycles. The molecule has 0 aliphatic carbocycles. The molecule has 1 aliphatic heterocycles. The molecule has 26 heavy (non-hydrogen) atoms. The topological polar surface area (TPSA) is 54.5 Å². The number of nitrogens with one attached hydrogen (secondary N) is 1. The molecule has 1 aromatic heterocycles. The van der Waals surface area contributed by atoms with Gasteiger partial charge in [-0.25, -0.2) is 4.98 Å². The SMILES string of the molecule is Cc1cc(C)c(-c2csc(NC(=O)CN3CC(C)OCC3C)n2)c(C)c1. The van der Waals surface area contributed by atoms with Crippen LogP contribution in [0.4, 0.5) is 5.13 Å². The number of morpholine rings is 1. The van der Waals surface area contributed by atoms with Crippen molar-refractivity contribution in [3.05, 3.63) is 34.2 Å². The van der Waals surface area contributed by atoms with E-state index in [4.69, 9.17) is 4.74 Å². The molecule has 140 valence electrons. The van der Waals surface area contributed by atoms with E-state index in [0.717, 1.165) is 17.8 Å². The second-order valence-electron chi connectivity index (χ2n) is 7.28. The van der Waals surface area contributed by atoms with Gasteiger partial charge >= 0.3 is 0 Å². The lowest BCUT2D eigenvalue weighted by Gasteiger charge is -2.36. The zero-order chi connectivity index (χ0) is 18.8. The van der Waals surface area contributed by atoms with Crippen LogP contribution in [0.25, 0.3) is 11.3 Å². The summed E-state index contributed by atoms with van der Waals surface area (Å²) in [7, 11) is 0. The zero-order valence-corrected chi connectivity index (χ0v) is 16.9. The fourth-order valence-electron chi connectivity index (χ4n) is 3.57. The minimum Gasteiger partial charge on any atom is -0.376 e. The summed E-state index contributed by atoms with van der Waals surface area (Å²) in [5.74, 6) is -0.0239. The minimum atomic E-state index is -0.0239. The molecular weight excluding hydrogens is 346 g/mol. The van der Waals surface area contributed by atoms with Crippen molar-refractivity contribution in [2.75, 3.05) is 25.0 Å². The van der Waals surface area contributed by atoms with Crippen molar-refractivity contribution in [3.8, 4) is 11.3 Å². The average Bonchev–Trinajstić information content (AvgIpc) is 2.97. The van der Waals surface area contributed by atoms with Crippen LogP contribution >= 0.6 is 11.3 Å². The van der Waals surface area contributed by atoms with Gasteiger partial charge in [0.2, 0.25) is 5.91 Å². The lowest BCUT2D eigenvalue weighted by Crippen LogP contribution is -2.50. The molecular formula is C20H27N3O2S. The third-order valence-corrected chi connectivity index (χ3v) is 5.53. The van der Waals surface area contributed by atoms with Crippen LogP contribution in [0.5, 0.6) is 0 Å². The largest absolute Gasteiger partial charge is 0.376 e. The second-order valence-corrected chi connectivity index (χ2v) is 8.14. The van der Waals surface area contributed by atoms with Gasteiger partial charge in [-0.2, -0.15) is 0 Å². The lowest BCUT2D eigenvalue weighted by atomic mass is 9.98. The van der Waals surface area contributed by atoms with E-state index in [1.165, 1.54) is 28.0 Å². The molecule has 0 bridgehead atoms. The molecule has 1 N–H and O–H groups in total. The molecule has 2 aromatic rings. The number of carbonyl (C=O) groups excluding carboxylic acids is 1. The third kappa shape index (κ3) is 4.31. The fraction of sp³-hybridized carbons (Fsp3) is 0.500. The van der Waals surface area contributed by atoms with Crippen LogP contribution in [-0.4, -0.2) is 47.6 Å². The van der Waals surface area contributed by atoms with E-state index < -0.39 is 0 Å². The summed E-state index contributed by atoms with van der Waals surface area (Å²) in [6, 6.07) is 4.59. The molecule has 1 aliphatic rings. The van der Waals surface area contributed by atoms with Crippen LogP contribution in [0.2, 0.25) is 0 Å². The summed E-state index contributed by atoms with van der Waals surface area (Å²) >= 11 is 1.47. The van der Waals surface area contributed by atoms with E-state index >= 15 is 0 Å². The average molecular weight is 374 g/mol. The number of anilines is 1. The van der Waals surface area contributed by atoms with Crippen LogP contribution in [0, 0.1) is 20.8 Å². The number of ether oxygens (including phenoxy) is 1. The molecule has 0 radical (unpaired) electrons. The molecule has 6 heteroatoms. The Morgan fingerprint density at radius 3 is 2.69 bits per heavy atom. The van der Waals surface area contributed by atoms with Crippen molar-refractivity contribution in [2.24, 2.45) is 0 Å². The van der Waals surface area contributed by atoms with Crippen molar-refractivity contribution in [2.45, 2.75) is 46.8 Å². The molecule has 1 fully saturated rings. The maximum atomic E-state index is 12.4. The number of rotatable bonds is 4. The van der Waals surface area contributed by atoms with Crippen molar-refractivity contribution in [3.63, 3.8) is 0 Å². The van der Waals surface area contributed by atoms with Gasteiger partial charge in [0.1, 0.15) is 0 Å². The monoisotopic (exact) mass is 373 g/mol. The number of benzene rings is 1. The van der Waals surface area contributed by atoms with E-state index in [0.29, 0.717) is 18.3 Å². The highest BCUT2D eigenvalue weighted by Crippen LogP contribution is 2.31. The predicted octanol–water partition coefficient (Wildman–Crippen LogP) is 3.78. The molecule has 2 unspecified atom stereocenters. The Hall–Kier alpha value is -1.76. The molecule has 2 atom stereocenters. The van der Waals surface area contributed by atoms with Gasteiger partial charge in [0.25, 0.3) is 0 Å². The predicted molar refractivity (Wildman–Crippen MR) is 107 cm³/mol. The van der Waals surface area contributed by atoms with Gasteiger partial charge in [-0.05, 0) is 45.7 Å². The first kappa shape index (κ1) is 19.0. The Balaban J connectivity index is 1.68. The van der Waals surface area contributed by atoms with E-state index in [9.17, 15) is 4.79 Å². The van der Waals surface area contributed by atoms with Crippen LogP contribution < -0.4 is 5.32 Å². The van der Waals surface area contributed by atoms with Crippen LogP contribution in [-0.2, 0) is 9.53 Å². The van der Waals surface area contributed by atoms with Crippen molar-refractivity contribution in [1.82, 2.24) is 9.88 Å². The van der Waals surface area contributed by atoms with Crippen LogP contribution in [0.1, 0.15) is 30.5 Å². The van der Waals surface area contributed by atoms with Gasteiger partial charge in [-0.1, -0.05) is 17.7 Å². The van der Waals surface area contributed by atoms with Crippen molar-refractivity contribution < 1.29 is 9.53 Å². The summed E-state index contributed by atoms with van der Waals surface area (Å²) < 4.78 is 5.62. The van der Waals surface area contributed by atoms with Gasteiger partial charge in [0.15, 0.2) is 5.13 Å². The number of aromatic nitrogens is 1. The molecule has 2 heterocycles. The van der Waals surface area contributed by atoms with E-state index in [1.54, 1.807) is 0 Å². The fourth-order valence-corrected chi connectivity index (χ4v) is 4.28. The first-order valence-electron chi connectivity index (χ1n) is 9.02. The quantitative estimate of drug-likeness (QED) is 0.886. The van der Waals surface area contributed by atoms with E-state index in [1.807, 2.05) is 12.3 Å². The van der Waals surface area contributed by atoms with E-state index in [2.05, 4.69) is 55.0 Å². The normalized spacial score (nSPS) is 21.0. The number of thiazole rings is 1. The van der Waals surface area contributed by atoms with Crippen molar-refractivity contribution >= 4 is 22.4 Å². The number of aryl methyl sites for hydroxylation is 3. The Morgan fingerprint density at radius 2 is 2.00 bits per heavy atom. The number of amides is 1. The maximum Gasteiger partial charge on any atom is 0.240 e. The maximum absolute atomic E-state index is 12.4. The van der Waals surface area contributed by atoms with Gasteiger partial charge in [-0.15, -0.1) is 11.3 Å². The molecule has 3 rings (SSSR count). The van der Waals surface area contributed by atoms with Crippen LogP contribution in [0.3, 0.4) is 0 Å². The number of hydrogen-bond donors (Lipinski definition) is 1. The highest BCUT2D eigenvalue weighted by Gasteiger charge is 2.25. The zero-order valence-electron chi connectivity index (χ0n) is 16.1. The summed E-state index contributed by atoms with van der Waals surface area (Å²) in [6.45, 7) is 12.2. The second kappa shape index (κ2) is 7.86. The highest BCUT2D eigenvalue weighted by molar-refractivity contribution is 7.14. The van der Waals surface area contributed by atoms with Gasteiger partial charge in [-0.3, -0.25) is 9.69 Å². The molecule has 0 spiro atoms. The number of nitrogens with zero attached hydrogens (tertiary/aromatic N) is 2. The lowest BCUT2D eigenvalue weighted by molar-refractivity contribution is -0.121. The summed E-state index contributed by atoms with van der Waals surface area (Å²) in [4.78, 5) is 19.2. The Morgan fingerprint density at radius 1 is 1.31 bits per heavy atom. The molecule has 1 saturated heterocycles. The van der Waals surface area contributed by atoms with Gasteiger partial charge in [0, 0.05) is 23.5 Å². The van der Waals surface area contributed by atoms with Crippen molar-refractivity contribution in [1.29, 1.82) is 0 Å². The highest BCUT2D eigenvalue weighted by atomic mass is 32.1. The van der Waals surface area contributed by atoms with Gasteiger partial charge in [0.05, 0.1) is 24.9 Å². The summed E-state index contributed by atoms with van der Waals surface area (Å²) in [5, 5.41) is 5.62. The molecule has 1 amide bonds. The molecule has 0 saturated carbocycles. The van der Waals surface area contributed by atoms with Gasteiger partial charge < -0.3 is 10.1 Å².